The second-order valence-corrected chi connectivity index (χ2v) is 5.85. The zero-order chi connectivity index (χ0) is 12.7. The summed E-state index contributed by atoms with van der Waals surface area (Å²) in [5, 5.41) is 2.95. The quantitative estimate of drug-likeness (QED) is 0.561. The van der Waals surface area contributed by atoms with Gasteiger partial charge in [-0.05, 0) is 38.5 Å². The smallest absolute Gasteiger partial charge is 0.219 e. The summed E-state index contributed by atoms with van der Waals surface area (Å²) < 4.78 is 1.20. The molecule has 0 spiro atoms. The summed E-state index contributed by atoms with van der Waals surface area (Å²) in [5.41, 5.74) is 0. The number of carbonyl (C=O) groups excluding carboxylic acids is 1. The first-order valence-electron chi connectivity index (χ1n) is 7.15. The Morgan fingerprint density at radius 1 is 1.29 bits per heavy atom. The summed E-state index contributed by atoms with van der Waals surface area (Å²) in [5.74, 6) is 0.179. The van der Waals surface area contributed by atoms with Gasteiger partial charge in [0, 0.05) is 13.0 Å². The van der Waals surface area contributed by atoms with Crippen LogP contribution in [0.15, 0.2) is 0 Å². The number of unbranched alkanes of at least 4 members (excludes halogenated alkanes) is 1. The molecule has 0 unspecified atom stereocenters. The predicted molar refractivity (Wildman–Crippen MR) is 71.8 cm³/mol. The van der Waals surface area contributed by atoms with Crippen LogP contribution in [0.25, 0.3) is 0 Å². The molecule has 1 amide bonds. The Morgan fingerprint density at radius 3 is 2.71 bits per heavy atom. The van der Waals surface area contributed by atoms with Gasteiger partial charge in [0.1, 0.15) is 0 Å². The van der Waals surface area contributed by atoms with Gasteiger partial charge in [-0.2, -0.15) is 0 Å². The molecule has 0 bridgehead atoms. The van der Waals surface area contributed by atoms with Crippen molar-refractivity contribution in [2.24, 2.45) is 0 Å². The van der Waals surface area contributed by atoms with Crippen molar-refractivity contribution in [2.75, 3.05) is 27.2 Å². The van der Waals surface area contributed by atoms with Crippen molar-refractivity contribution in [3.05, 3.63) is 0 Å². The van der Waals surface area contributed by atoms with Crippen molar-refractivity contribution in [3.63, 3.8) is 0 Å². The average Bonchev–Trinajstić information content (AvgIpc) is 2.30. The zero-order valence-electron chi connectivity index (χ0n) is 11.8. The Morgan fingerprint density at radius 2 is 2.06 bits per heavy atom. The molecule has 1 rings (SSSR count). The molecule has 1 fully saturated rings. The number of quaternary nitrogens is 1. The third kappa shape index (κ3) is 5.07. The fraction of sp³-hybridized carbons (Fsp3) is 0.929. The molecular weight excluding hydrogens is 212 g/mol. The topological polar surface area (TPSA) is 29.1 Å². The molecule has 1 aliphatic heterocycles. The number of hydrogen-bond donors (Lipinski definition) is 1. The second-order valence-electron chi connectivity index (χ2n) is 5.85. The third-order valence-corrected chi connectivity index (χ3v) is 4.12. The highest BCUT2D eigenvalue weighted by molar-refractivity contribution is 5.75. The Labute approximate surface area is 106 Å². The molecule has 100 valence electrons. The maximum atomic E-state index is 11.1. The van der Waals surface area contributed by atoms with Crippen molar-refractivity contribution >= 4 is 5.91 Å². The molecule has 1 aliphatic rings. The van der Waals surface area contributed by atoms with E-state index in [2.05, 4.69) is 19.4 Å². The number of hydrogen-bond acceptors (Lipinski definition) is 1. The number of nitrogens with one attached hydrogen (secondary N) is 1. The van der Waals surface area contributed by atoms with Gasteiger partial charge in [-0.3, -0.25) is 4.79 Å². The van der Waals surface area contributed by atoms with Crippen LogP contribution < -0.4 is 5.32 Å². The Hall–Kier alpha value is -0.570. The first-order chi connectivity index (χ1) is 8.06. The Balaban J connectivity index is 2.11. The lowest BCUT2D eigenvalue weighted by Gasteiger charge is -2.41. The van der Waals surface area contributed by atoms with E-state index in [1.165, 1.54) is 43.1 Å². The summed E-state index contributed by atoms with van der Waals surface area (Å²) in [6.07, 6.45) is 8.46. The summed E-state index contributed by atoms with van der Waals surface area (Å²) in [4.78, 5) is 11.1. The van der Waals surface area contributed by atoms with Crippen LogP contribution in [0.1, 0.15) is 51.9 Å². The lowest BCUT2D eigenvalue weighted by atomic mass is 9.95. The monoisotopic (exact) mass is 241 g/mol. The standard InChI is InChI=1S/C14H28N2O/c1-4-14(17)15-11-7-5-9-13-10-6-8-12-16(13,2)3/h13H,4-12H2,1-3H3/p+1/t13-/m0/s1. The molecule has 3 nitrogen and oxygen atoms in total. The van der Waals surface area contributed by atoms with Crippen LogP contribution in [0.2, 0.25) is 0 Å². The fourth-order valence-electron chi connectivity index (χ4n) is 2.78. The molecule has 1 N–H and O–H groups in total. The molecule has 3 heteroatoms. The number of rotatable bonds is 6. The first-order valence-corrected chi connectivity index (χ1v) is 7.15. The first kappa shape index (κ1) is 14.5. The van der Waals surface area contributed by atoms with Crippen molar-refractivity contribution in [1.82, 2.24) is 5.32 Å². The zero-order valence-corrected chi connectivity index (χ0v) is 11.8. The minimum atomic E-state index is 0.179. The van der Waals surface area contributed by atoms with Crippen LogP contribution >= 0.6 is 0 Å². The van der Waals surface area contributed by atoms with E-state index in [1.54, 1.807) is 0 Å². The van der Waals surface area contributed by atoms with Gasteiger partial charge in [0.2, 0.25) is 5.91 Å². The highest BCUT2D eigenvalue weighted by Gasteiger charge is 2.30. The fourth-order valence-corrected chi connectivity index (χ4v) is 2.78. The van der Waals surface area contributed by atoms with Gasteiger partial charge >= 0.3 is 0 Å². The van der Waals surface area contributed by atoms with Gasteiger partial charge in [0.15, 0.2) is 0 Å². The molecule has 0 radical (unpaired) electrons. The van der Waals surface area contributed by atoms with Gasteiger partial charge in [-0.25, -0.2) is 0 Å². The highest BCUT2D eigenvalue weighted by atomic mass is 16.1. The van der Waals surface area contributed by atoms with Crippen LogP contribution in [-0.4, -0.2) is 43.6 Å². The van der Waals surface area contributed by atoms with E-state index in [0.717, 1.165) is 19.0 Å². The summed E-state index contributed by atoms with van der Waals surface area (Å²) in [6, 6.07) is 0.839. The Bertz CT molecular complexity index is 238. The largest absolute Gasteiger partial charge is 0.356 e. The molecule has 0 aromatic heterocycles. The maximum absolute atomic E-state index is 11.1. The van der Waals surface area contributed by atoms with Crippen LogP contribution in [0.3, 0.4) is 0 Å². The van der Waals surface area contributed by atoms with E-state index in [0.29, 0.717) is 6.42 Å². The summed E-state index contributed by atoms with van der Waals surface area (Å²) >= 11 is 0. The number of piperidine rings is 1. The van der Waals surface area contributed by atoms with Crippen molar-refractivity contribution in [2.45, 2.75) is 57.9 Å². The van der Waals surface area contributed by atoms with Crippen molar-refractivity contribution in [3.8, 4) is 0 Å². The van der Waals surface area contributed by atoms with E-state index >= 15 is 0 Å². The molecule has 1 atom stereocenters. The van der Waals surface area contributed by atoms with E-state index in [-0.39, 0.29) is 5.91 Å². The van der Waals surface area contributed by atoms with Gasteiger partial charge in [-0.15, -0.1) is 0 Å². The van der Waals surface area contributed by atoms with Crippen molar-refractivity contribution < 1.29 is 9.28 Å². The molecule has 17 heavy (non-hydrogen) atoms. The molecule has 1 heterocycles. The Kier molecular flexibility index (Phi) is 5.96. The maximum Gasteiger partial charge on any atom is 0.219 e. The van der Waals surface area contributed by atoms with Crippen LogP contribution in [0.5, 0.6) is 0 Å². The number of carbonyl (C=O) groups is 1. The van der Waals surface area contributed by atoms with Crippen LogP contribution in [-0.2, 0) is 4.79 Å². The van der Waals surface area contributed by atoms with E-state index in [9.17, 15) is 4.79 Å². The lowest BCUT2D eigenvalue weighted by Crippen LogP contribution is -2.51. The lowest BCUT2D eigenvalue weighted by molar-refractivity contribution is -0.920. The van der Waals surface area contributed by atoms with Crippen LogP contribution in [0.4, 0.5) is 0 Å². The van der Waals surface area contributed by atoms with E-state index in [1.807, 2.05) is 6.92 Å². The summed E-state index contributed by atoms with van der Waals surface area (Å²) in [6.45, 7) is 4.08. The highest BCUT2D eigenvalue weighted by Crippen LogP contribution is 2.25. The van der Waals surface area contributed by atoms with Crippen molar-refractivity contribution in [1.29, 1.82) is 0 Å². The molecular formula is C14H29N2O+. The molecule has 0 aliphatic carbocycles. The minimum Gasteiger partial charge on any atom is -0.356 e. The predicted octanol–water partition coefficient (Wildman–Crippen LogP) is 2.31. The van der Waals surface area contributed by atoms with Crippen LogP contribution in [0, 0.1) is 0 Å². The van der Waals surface area contributed by atoms with Gasteiger partial charge in [0.25, 0.3) is 0 Å². The summed E-state index contributed by atoms with van der Waals surface area (Å²) in [7, 11) is 4.73. The normalized spacial score (nSPS) is 23.4. The molecule has 0 aromatic rings. The second kappa shape index (κ2) is 7.00. The average molecular weight is 241 g/mol. The number of nitrogens with zero attached hydrogens (tertiary/aromatic N) is 1. The molecule has 0 saturated carbocycles. The molecule has 0 aromatic carbocycles. The van der Waals surface area contributed by atoms with E-state index in [4.69, 9.17) is 0 Å². The van der Waals surface area contributed by atoms with E-state index < -0.39 is 0 Å². The minimum absolute atomic E-state index is 0.179. The SMILES string of the molecule is CCC(=O)NCCCC[C@H]1CCCC[N+]1(C)C. The molecule has 1 saturated heterocycles. The third-order valence-electron chi connectivity index (χ3n) is 4.12. The van der Waals surface area contributed by atoms with Gasteiger partial charge in [-0.1, -0.05) is 6.92 Å². The van der Waals surface area contributed by atoms with Gasteiger partial charge < -0.3 is 9.80 Å². The van der Waals surface area contributed by atoms with Gasteiger partial charge in [0.05, 0.1) is 26.7 Å². The number of amides is 1. The number of likely N-dealkylation sites (tertiary alicyclic amines) is 1.